The van der Waals surface area contributed by atoms with Crippen LogP contribution >= 0.6 is 0 Å². The first-order valence-corrected chi connectivity index (χ1v) is 52.6. The number of benzene rings is 4. The van der Waals surface area contributed by atoms with Gasteiger partial charge in [-0.1, -0.05) is 233 Å². The fraction of sp³-hybridized carbons (Fsp3) is 0.467. The molecule has 8 bridgehead atoms. The minimum atomic E-state index is -0.235. The lowest BCUT2D eigenvalue weighted by molar-refractivity contribution is -0.688. The molecule has 12 heterocycles. The number of unbranched alkanes of at least 4 members (excludes halogenated alkanes) is 28. The van der Waals surface area contributed by atoms with Gasteiger partial charge < -0.3 is 37.9 Å². The number of nitrogens with zero attached hydrogens (tertiary/aromatic N) is 8. The van der Waals surface area contributed by atoms with Crippen molar-refractivity contribution in [3.63, 3.8) is 0 Å². The van der Waals surface area contributed by atoms with Gasteiger partial charge in [0.1, 0.15) is 96.4 Å². The van der Waals surface area contributed by atoms with Crippen LogP contribution in [0.2, 0.25) is 0 Å². The first kappa shape index (κ1) is 96.2. The summed E-state index contributed by atoms with van der Waals surface area (Å²) in [6.07, 6.45) is 76.5. The van der Waals surface area contributed by atoms with Gasteiger partial charge in [-0.25, -0.2) is 36.5 Å². The molecule has 0 saturated carbocycles. The number of aryl methyl sites for hydroxylation is 4. The lowest BCUT2D eigenvalue weighted by atomic mass is 9.74. The van der Waals surface area contributed by atoms with Crippen molar-refractivity contribution in [2.24, 2.45) is 28.2 Å². The maximum absolute atomic E-state index is 7.77. The van der Waals surface area contributed by atoms with Gasteiger partial charge in [-0.3, -0.25) is 0 Å². The molecule has 5 aliphatic rings. The fourth-order valence-electron chi connectivity index (χ4n) is 22.0. The molecule has 0 N–H and O–H groups in total. The maximum Gasteiger partial charge on any atom is 0.230 e. The molecule has 4 aliphatic heterocycles. The van der Waals surface area contributed by atoms with Gasteiger partial charge in [0, 0.05) is 165 Å². The van der Waals surface area contributed by atoms with E-state index in [0.717, 1.165) is 190 Å². The van der Waals surface area contributed by atoms with E-state index >= 15 is 0 Å². The number of aromatic nitrogens is 8. The minimum absolute atomic E-state index is 0.0646. The minimum Gasteiger partial charge on any atom is -0.456 e. The van der Waals surface area contributed by atoms with Gasteiger partial charge in [-0.2, -0.15) is 0 Å². The summed E-state index contributed by atoms with van der Waals surface area (Å²) in [5.41, 5.74) is 22.6. The van der Waals surface area contributed by atoms with Crippen molar-refractivity contribution in [1.82, 2.24) is 0 Å². The van der Waals surface area contributed by atoms with Crippen LogP contribution in [-0.2, 0) is 54.4 Å². The van der Waals surface area contributed by atoms with Crippen LogP contribution in [0.3, 0.4) is 0 Å². The zero-order valence-corrected chi connectivity index (χ0v) is 83.1. The molecule has 4 aromatic carbocycles. The van der Waals surface area contributed by atoms with Crippen LogP contribution in [0.5, 0.6) is 46.0 Å². The normalized spacial score (nSPS) is 15.4. The molecular weight excluding hydrogens is 1680 g/mol. The molecule has 136 heavy (non-hydrogen) atoms. The summed E-state index contributed by atoms with van der Waals surface area (Å²) in [6, 6.07) is 46.3. The lowest BCUT2D eigenvalue weighted by Crippen LogP contribution is -2.36. The number of hydrogen-bond acceptors (Lipinski definition) is 8. The van der Waals surface area contributed by atoms with E-state index in [9.17, 15) is 0 Å². The zero-order valence-electron chi connectivity index (χ0n) is 83.1. The molecule has 712 valence electrons. The number of ether oxygens (including phenoxy) is 8. The van der Waals surface area contributed by atoms with Gasteiger partial charge >= 0.3 is 0 Å². The molecule has 0 amide bonds. The molecule has 0 saturated heterocycles. The van der Waals surface area contributed by atoms with E-state index in [1.54, 1.807) is 0 Å². The molecular formula is C120H152N8O8+8. The molecule has 1 aliphatic carbocycles. The first-order valence-electron chi connectivity index (χ1n) is 52.6. The molecule has 8 aromatic heterocycles. The SMILES string of the molecule is CCCCCCCCCCC1c2cc3c4c(C[n+]5ccc(-c6cc[n+](C)cc6)cc5)c2OCOc2c1cc1c(c2C[n+]2ccc(-c5cc[n+](C)cc5)cc2)OCOc2c(cc5c(c2C[n+]2ccc(-c6cc[n+](C)cc6)cc2)OCOc2c(cc(c(c2C[n+]2ccc(-c6cc[n+](C)cc6)cc2)OCO4)C3CCCCCCCCCC)C5CCCCCCCCCC)C1CCCCCCCCCC. The van der Waals surface area contributed by atoms with Crippen molar-refractivity contribution < 1.29 is 74.4 Å². The topological polar surface area (TPSA) is 105 Å². The molecule has 16 nitrogen and oxygen atoms in total. The third-order valence-corrected chi connectivity index (χ3v) is 29.7. The largest absolute Gasteiger partial charge is 0.456 e. The zero-order chi connectivity index (χ0) is 93.3. The Bertz CT molecular complexity index is 5030. The van der Waals surface area contributed by atoms with Gasteiger partial charge in [-0.05, 0) is 94.5 Å². The van der Waals surface area contributed by atoms with Crippen molar-refractivity contribution in [1.29, 1.82) is 0 Å². The molecule has 0 fully saturated rings. The third-order valence-electron chi connectivity index (χ3n) is 29.7. The van der Waals surface area contributed by atoms with Gasteiger partial charge in [-0.15, -0.1) is 0 Å². The third kappa shape index (κ3) is 23.6. The molecule has 0 radical (unpaired) electrons. The smallest absolute Gasteiger partial charge is 0.230 e. The Morgan fingerprint density at radius 1 is 0.191 bits per heavy atom. The summed E-state index contributed by atoms with van der Waals surface area (Å²) in [5, 5.41) is 0. The number of rotatable bonds is 48. The first-order chi connectivity index (χ1) is 67.0. The highest BCUT2D eigenvalue weighted by atomic mass is 16.7. The predicted molar refractivity (Wildman–Crippen MR) is 536 cm³/mol. The van der Waals surface area contributed by atoms with Crippen molar-refractivity contribution in [2.75, 3.05) is 27.2 Å². The number of hydrogen-bond donors (Lipinski definition) is 0. The molecule has 0 spiro atoms. The average molecular weight is 1830 g/mol. The van der Waals surface area contributed by atoms with Gasteiger partial charge in [0.25, 0.3) is 0 Å². The highest BCUT2D eigenvalue weighted by Crippen LogP contribution is 2.59. The Morgan fingerprint density at radius 3 is 0.485 bits per heavy atom. The van der Waals surface area contributed by atoms with Gasteiger partial charge in [0.05, 0.1) is 0 Å². The van der Waals surface area contributed by atoms with Gasteiger partial charge in [0.15, 0.2) is 125 Å². The molecule has 0 atom stereocenters. The second-order valence-electron chi connectivity index (χ2n) is 39.7. The van der Waals surface area contributed by atoms with Crippen molar-refractivity contribution in [3.8, 4) is 90.5 Å². The summed E-state index contributed by atoms with van der Waals surface area (Å²) in [5.74, 6) is 5.61. The van der Waals surface area contributed by atoms with E-state index in [-0.39, 0.29) is 50.8 Å². The second kappa shape index (κ2) is 48.0. The lowest BCUT2D eigenvalue weighted by Gasteiger charge is -2.37. The Morgan fingerprint density at radius 2 is 0.331 bits per heavy atom. The van der Waals surface area contributed by atoms with E-state index < -0.39 is 0 Å². The fourth-order valence-corrected chi connectivity index (χ4v) is 22.0. The van der Waals surface area contributed by atoms with Crippen LogP contribution in [0.4, 0.5) is 0 Å². The monoisotopic (exact) mass is 1830 g/mol. The highest BCUT2D eigenvalue weighted by Gasteiger charge is 2.44. The summed E-state index contributed by atoms with van der Waals surface area (Å²) in [7, 11) is 8.32. The van der Waals surface area contributed by atoms with Crippen LogP contribution in [0.15, 0.2) is 220 Å². The van der Waals surface area contributed by atoms with E-state index in [4.69, 9.17) is 37.9 Å². The Labute approximate surface area is 811 Å². The highest BCUT2D eigenvalue weighted by molar-refractivity contribution is 5.71. The van der Waals surface area contributed by atoms with E-state index in [2.05, 4.69) is 313 Å². The van der Waals surface area contributed by atoms with Crippen molar-refractivity contribution >= 4 is 0 Å². The summed E-state index contributed by atoms with van der Waals surface area (Å²) in [4.78, 5) is 0. The Hall–Kier alpha value is -11.5. The Kier molecular flexibility index (Phi) is 33.9. The molecule has 17 rings (SSSR count). The second-order valence-corrected chi connectivity index (χ2v) is 39.7. The molecule has 0 unspecified atom stereocenters. The molecule has 12 aromatic rings. The summed E-state index contributed by atoms with van der Waals surface area (Å²) >= 11 is 0. The van der Waals surface area contributed by atoms with Crippen molar-refractivity contribution in [3.05, 3.63) is 287 Å². The van der Waals surface area contributed by atoms with E-state index in [0.29, 0.717) is 26.2 Å². The standard InChI is InChI=1S/C120H152N8O8/c1-9-13-17-21-25-29-33-37-41-97-101-77-103-98(42-38-34-30-26-22-18-14-10-2)105-79-107-100(44-40-36-32-28-24-20-16-12-4)108-80-106-99(43-39-35-31-27-23-19-15-11-3)104-78-102(97)114-110(82-126-71-55-94(56-72-126)90-47-63-122(6)64-48-90)116(104)132-87-134-118(106)112(84-128-75-59-96(60-76-128)92-51-67-124(8)68-52-92)120(108)136-88-135-119(107)111(83-127-73-57-95(58-74-127)91-49-65-123(7)66-50-91)117(105)133-86-131-115(103)109(113(101)129-85-130-114)81-125-69-53-93(54-70-125)89-45-61-121(5)62-46-89/h45-80,97-100H,9-44,81-88H2,1-8H3/q+8. The van der Waals surface area contributed by atoms with E-state index in [1.165, 1.54) is 199 Å². The maximum atomic E-state index is 7.77. The quantitative estimate of drug-likeness (QED) is 0.0274. The van der Waals surface area contributed by atoms with Crippen LogP contribution < -0.4 is 74.4 Å². The average Bonchev–Trinajstić information content (AvgIpc) is 0.715. The number of pyridine rings is 8. The van der Waals surface area contributed by atoms with Crippen LogP contribution in [0.25, 0.3) is 44.5 Å². The molecule has 16 heteroatoms. The van der Waals surface area contributed by atoms with Gasteiger partial charge in [0.2, 0.25) is 27.2 Å². The Balaban J connectivity index is 0.968. The van der Waals surface area contributed by atoms with Crippen LogP contribution in [0.1, 0.15) is 349 Å². The van der Waals surface area contributed by atoms with Crippen molar-refractivity contribution in [2.45, 2.75) is 309 Å². The van der Waals surface area contributed by atoms with Crippen LogP contribution in [0, 0.1) is 0 Å². The predicted octanol–water partition coefficient (Wildman–Crippen LogP) is 24.9. The summed E-state index contributed by atoms with van der Waals surface area (Å²) in [6.45, 7) is 10.9. The van der Waals surface area contributed by atoms with Crippen LogP contribution in [-0.4, -0.2) is 27.2 Å². The summed E-state index contributed by atoms with van der Waals surface area (Å²) < 4.78 is 79.9. The van der Waals surface area contributed by atoms with E-state index in [1.807, 2.05) is 0 Å².